The number of aromatic nitrogens is 3. The summed E-state index contributed by atoms with van der Waals surface area (Å²) < 4.78 is 13.9. The minimum atomic E-state index is -0.346. The van der Waals surface area contributed by atoms with E-state index in [1.807, 2.05) is 6.92 Å². The highest BCUT2D eigenvalue weighted by atomic mass is 19.1. The summed E-state index contributed by atoms with van der Waals surface area (Å²) in [6, 6.07) is 9.91. The SMILES string of the molecule is Cc1ccc(CCc2ncc(-c3ncc(C)cc3F)cn2)cc1. The molecule has 0 amide bonds. The van der Waals surface area contributed by atoms with Crippen LogP contribution in [0.25, 0.3) is 11.3 Å². The van der Waals surface area contributed by atoms with Crippen molar-refractivity contribution in [2.75, 3.05) is 0 Å². The van der Waals surface area contributed by atoms with Crippen LogP contribution in [0.15, 0.2) is 48.9 Å². The van der Waals surface area contributed by atoms with E-state index in [1.165, 1.54) is 17.2 Å². The van der Waals surface area contributed by atoms with Crippen molar-refractivity contribution in [1.82, 2.24) is 15.0 Å². The van der Waals surface area contributed by atoms with Gasteiger partial charge >= 0.3 is 0 Å². The van der Waals surface area contributed by atoms with Gasteiger partial charge in [-0.25, -0.2) is 14.4 Å². The molecule has 23 heavy (non-hydrogen) atoms. The minimum absolute atomic E-state index is 0.292. The fourth-order valence-corrected chi connectivity index (χ4v) is 2.36. The first kappa shape index (κ1) is 15.3. The Bertz CT molecular complexity index is 796. The first-order valence-electron chi connectivity index (χ1n) is 7.61. The highest BCUT2D eigenvalue weighted by molar-refractivity contribution is 5.57. The molecule has 116 valence electrons. The number of rotatable bonds is 4. The summed E-state index contributed by atoms with van der Waals surface area (Å²) in [5.41, 5.74) is 4.20. The molecule has 0 unspecified atom stereocenters. The Morgan fingerprint density at radius 1 is 0.826 bits per heavy atom. The molecule has 0 spiro atoms. The molecule has 0 saturated carbocycles. The van der Waals surface area contributed by atoms with Crippen molar-refractivity contribution < 1.29 is 4.39 Å². The lowest BCUT2D eigenvalue weighted by Gasteiger charge is -2.05. The third kappa shape index (κ3) is 3.77. The third-order valence-corrected chi connectivity index (χ3v) is 3.71. The second-order valence-electron chi connectivity index (χ2n) is 5.72. The molecule has 0 aliphatic heterocycles. The zero-order valence-corrected chi connectivity index (χ0v) is 13.3. The maximum Gasteiger partial charge on any atom is 0.149 e. The van der Waals surface area contributed by atoms with Crippen molar-refractivity contribution in [1.29, 1.82) is 0 Å². The lowest BCUT2D eigenvalue weighted by Crippen LogP contribution is -1.99. The summed E-state index contributed by atoms with van der Waals surface area (Å²) in [5, 5.41) is 0. The van der Waals surface area contributed by atoms with E-state index >= 15 is 0 Å². The first-order valence-corrected chi connectivity index (χ1v) is 7.61. The summed E-state index contributed by atoms with van der Waals surface area (Å²) >= 11 is 0. The van der Waals surface area contributed by atoms with Crippen LogP contribution in [0.3, 0.4) is 0 Å². The predicted molar refractivity (Wildman–Crippen MR) is 88.5 cm³/mol. The number of halogens is 1. The number of hydrogen-bond donors (Lipinski definition) is 0. The maximum atomic E-state index is 13.9. The Labute approximate surface area is 135 Å². The van der Waals surface area contributed by atoms with Crippen LogP contribution in [0.1, 0.15) is 22.5 Å². The van der Waals surface area contributed by atoms with Gasteiger partial charge in [0.15, 0.2) is 0 Å². The summed E-state index contributed by atoms with van der Waals surface area (Å²) in [4.78, 5) is 12.8. The molecule has 4 heteroatoms. The van der Waals surface area contributed by atoms with Gasteiger partial charge in [0.1, 0.15) is 17.3 Å². The predicted octanol–water partition coefficient (Wildman–Crippen LogP) is 4.08. The van der Waals surface area contributed by atoms with Crippen LogP contribution in [0.5, 0.6) is 0 Å². The van der Waals surface area contributed by atoms with Crippen molar-refractivity contribution >= 4 is 0 Å². The van der Waals surface area contributed by atoms with Gasteiger partial charge in [0.2, 0.25) is 0 Å². The van der Waals surface area contributed by atoms with Crippen LogP contribution in [0.4, 0.5) is 4.39 Å². The van der Waals surface area contributed by atoms with Crippen molar-refractivity contribution in [3.63, 3.8) is 0 Å². The molecule has 3 nitrogen and oxygen atoms in total. The van der Waals surface area contributed by atoms with Crippen LogP contribution >= 0.6 is 0 Å². The quantitative estimate of drug-likeness (QED) is 0.729. The van der Waals surface area contributed by atoms with Crippen molar-refractivity contribution in [3.8, 4) is 11.3 Å². The summed E-state index contributed by atoms with van der Waals surface area (Å²) in [5.74, 6) is 0.405. The van der Waals surface area contributed by atoms with Gasteiger partial charge in [-0.05, 0) is 37.5 Å². The Morgan fingerprint density at radius 2 is 1.52 bits per heavy atom. The van der Waals surface area contributed by atoms with E-state index in [4.69, 9.17) is 0 Å². The zero-order chi connectivity index (χ0) is 16.2. The number of nitrogens with zero attached hydrogens (tertiary/aromatic N) is 3. The number of pyridine rings is 1. The average Bonchev–Trinajstić information content (AvgIpc) is 2.55. The summed E-state index contributed by atoms with van der Waals surface area (Å²) in [7, 11) is 0. The van der Waals surface area contributed by atoms with Gasteiger partial charge in [-0.2, -0.15) is 0 Å². The molecule has 2 aromatic heterocycles. The molecule has 0 fully saturated rings. The molecule has 1 aromatic carbocycles. The van der Waals surface area contributed by atoms with E-state index < -0.39 is 0 Å². The molecule has 0 radical (unpaired) electrons. The van der Waals surface area contributed by atoms with Crippen molar-refractivity contribution in [2.45, 2.75) is 26.7 Å². The topological polar surface area (TPSA) is 38.7 Å². The molecule has 0 N–H and O–H groups in total. The second kappa shape index (κ2) is 6.65. The Balaban J connectivity index is 1.70. The van der Waals surface area contributed by atoms with E-state index in [1.54, 1.807) is 18.6 Å². The van der Waals surface area contributed by atoms with Crippen LogP contribution in [-0.4, -0.2) is 15.0 Å². The normalized spacial score (nSPS) is 10.7. The smallest absolute Gasteiger partial charge is 0.149 e. The zero-order valence-electron chi connectivity index (χ0n) is 13.3. The Kier molecular flexibility index (Phi) is 4.42. The highest BCUT2D eigenvalue weighted by Crippen LogP contribution is 2.19. The number of hydrogen-bond acceptors (Lipinski definition) is 3. The number of aryl methyl sites for hydroxylation is 4. The fourth-order valence-electron chi connectivity index (χ4n) is 2.36. The second-order valence-corrected chi connectivity index (χ2v) is 5.72. The lowest BCUT2D eigenvalue weighted by atomic mass is 10.1. The lowest BCUT2D eigenvalue weighted by molar-refractivity contribution is 0.624. The van der Waals surface area contributed by atoms with E-state index in [9.17, 15) is 4.39 Å². The molecule has 3 rings (SSSR count). The number of benzene rings is 1. The summed E-state index contributed by atoms with van der Waals surface area (Å²) in [6.45, 7) is 3.88. The van der Waals surface area contributed by atoms with E-state index in [-0.39, 0.29) is 5.82 Å². The molecule has 0 aliphatic rings. The highest BCUT2D eigenvalue weighted by Gasteiger charge is 2.08. The third-order valence-electron chi connectivity index (χ3n) is 3.71. The van der Waals surface area contributed by atoms with Crippen molar-refractivity contribution in [2.24, 2.45) is 0 Å². The molecule has 0 aliphatic carbocycles. The van der Waals surface area contributed by atoms with Gasteiger partial charge in [0.25, 0.3) is 0 Å². The average molecular weight is 307 g/mol. The molecule has 2 heterocycles. The molecule has 0 saturated heterocycles. The molecule has 0 atom stereocenters. The van der Waals surface area contributed by atoms with Gasteiger partial charge in [-0.3, -0.25) is 4.98 Å². The van der Waals surface area contributed by atoms with Gasteiger partial charge in [-0.1, -0.05) is 29.8 Å². The van der Waals surface area contributed by atoms with E-state index in [0.717, 1.165) is 24.2 Å². The minimum Gasteiger partial charge on any atom is -0.253 e. The van der Waals surface area contributed by atoms with Crippen LogP contribution < -0.4 is 0 Å². The molecule has 0 bridgehead atoms. The summed E-state index contributed by atoms with van der Waals surface area (Å²) in [6.07, 6.45) is 6.56. The fraction of sp³-hybridized carbons (Fsp3) is 0.211. The molecule has 3 aromatic rings. The first-order chi connectivity index (χ1) is 11.1. The van der Waals surface area contributed by atoms with E-state index in [0.29, 0.717) is 11.3 Å². The van der Waals surface area contributed by atoms with Crippen LogP contribution in [0, 0.1) is 19.7 Å². The van der Waals surface area contributed by atoms with Crippen LogP contribution in [-0.2, 0) is 12.8 Å². The Hall–Kier alpha value is -2.62. The molecular formula is C19H18FN3. The van der Waals surface area contributed by atoms with Gasteiger partial charge in [0, 0.05) is 30.6 Å². The van der Waals surface area contributed by atoms with Crippen LogP contribution in [0.2, 0.25) is 0 Å². The van der Waals surface area contributed by atoms with Gasteiger partial charge in [-0.15, -0.1) is 0 Å². The standard InChI is InChI=1S/C19H18FN3/c1-13-3-5-15(6-4-13)7-8-18-21-11-16(12-22-18)19-17(20)9-14(2)10-23-19/h3-6,9-12H,7-8H2,1-2H3. The molecular weight excluding hydrogens is 289 g/mol. The van der Waals surface area contributed by atoms with Gasteiger partial charge in [0.05, 0.1) is 0 Å². The van der Waals surface area contributed by atoms with Crippen molar-refractivity contribution in [3.05, 3.63) is 77.3 Å². The largest absolute Gasteiger partial charge is 0.253 e. The maximum absolute atomic E-state index is 13.9. The van der Waals surface area contributed by atoms with E-state index in [2.05, 4.69) is 46.1 Å². The monoisotopic (exact) mass is 307 g/mol. The van der Waals surface area contributed by atoms with Gasteiger partial charge < -0.3 is 0 Å². The Morgan fingerprint density at radius 3 is 2.17 bits per heavy atom.